The van der Waals surface area contributed by atoms with Crippen molar-refractivity contribution in [2.75, 3.05) is 0 Å². The summed E-state index contributed by atoms with van der Waals surface area (Å²) in [5, 5.41) is 4.13. The molecule has 1 unspecified atom stereocenters. The molecular weight excluding hydrogens is 405 g/mol. The lowest BCUT2D eigenvalue weighted by atomic mass is 10.1. The molecule has 1 aromatic rings. The minimum absolute atomic E-state index is 0.125. The quantitative estimate of drug-likeness (QED) is 0.648. The number of halogens is 3. The summed E-state index contributed by atoms with van der Waals surface area (Å²) >= 11 is 0. The monoisotopic (exact) mass is 430 g/mol. The Labute approximate surface area is 172 Å². The molecule has 2 rings (SSSR count). The molecule has 1 saturated carbocycles. The normalized spacial score (nSPS) is 16.2. The summed E-state index contributed by atoms with van der Waals surface area (Å²) in [6.07, 6.45) is -6.76. The van der Waals surface area contributed by atoms with Gasteiger partial charge in [0.05, 0.1) is 6.42 Å². The summed E-state index contributed by atoms with van der Waals surface area (Å²) < 4.78 is 49.4. The number of carbonyl (C=O) groups is 3. The minimum Gasteiger partial charge on any atom is -0.459 e. The van der Waals surface area contributed by atoms with Gasteiger partial charge in [-0.25, -0.2) is 9.59 Å². The number of hydrogen-bond donors (Lipinski definition) is 2. The SMILES string of the molecule is CC(C)(C)OC(=O)NC(CC(=O)NC1(C(F)(F)F)CC1)C(=O)OCc1ccccc1. The number of hydrogen-bond acceptors (Lipinski definition) is 5. The Morgan fingerprint density at radius 1 is 1.10 bits per heavy atom. The lowest BCUT2D eigenvalue weighted by Gasteiger charge is -2.24. The Balaban J connectivity index is 2.03. The number of esters is 1. The van der Waals surface area contributed by atoms with Crippen molar-refractivity contribution in [1.82, 2.24) is 10.6 Å². The maximum atomic E-state index is 13.1. The molecule has 0 bridgehead atoms. The van der Waals surface area contributed by atoms with Gasteiger partial charge in [0.2, 0.25) is 5.91 Å². The fourth-order valence-electron chi connectivity index (χ4n) is 2.58. The number of rotatable bonds is 7. The maximum Gasteiger partial charge on any atom is 0.411 e. The van der Waals surface area contributed by atoms with Crippen LogP contribution in [0.2, 0.25) is 0 Å². The fourth-order valence-corrected chi connectivity index (χ4v) is 2.58. The fraction of sp³-hybridized carbons (Fsp3) is 0.550. The predicted octanol–water partition coefficient (Wildman–Crippen LogP) is 3.22. The highest BCUT2D eigenvalue weighted by Gasteiger charge is 2.64. The molecule has 0 aliphatic heterocycles. The van der Waals surface area contributed by atoms with Crippen LogP contribution in [0.4, 0.5) is 18.0 Å². The first-order valence-corrected chi connectivity index (χ1v) is 9.39. The number of ether oxygens (including phenoxy) is 2. The van der Waals surface area contributed by atoms with Gasteiger partial charge in [-0.3, -0.25) is 4.79 Å². The second-order valence-corrected chi connectivity index (χ2v) is 8.12. The average Bonchev–Trinajstić information content (AvgIpc) is 3.39. The van der Waals surface area contributed by atoms with Gasteiger partial charge in [-0.05, 0) is 39.2 Å². The number of carbonyl (C=O) groups excluding carboxylic acids is 3. The molecule has 0 saturated heterocycles. The third-order valence-corrected chi connectivity index (χ3v) is 4.26. The lowest BCUT2D eigenvalue weighted by Crippen LogP contribution is -2.51. The van der Waals surface area contributed by atoms with Gasteiger partial charge in [0.1, 0.15) is 23.8 Å². The lowest BCUT2D eigenvalue weighted by molar-refractivity contribution is -0.170. The van der Waals surface area contributed by atoms with E-state index < -0.39 is 47.7 Å². The minimum atomic E-state index is -4.59. The number of nitrogens with one attached hydrogen (secondary N) is 2. The van der Waals surface area contributed by atoms with Crippen molar-refractivity contribution < 1.29 is 37.0 Å². The van der Waals surface area contributed by atoms with Crippen LogP contribution in [0.5, 0.6) is 0 Å². The molecule has 1 atom stereocenters. The topological polar surface area (TPSA) is 93.7 Å². The molecule has 2 amide bonds. The van der Waals surface area contributed by atoms with Crippen molar-refractivity contribution in [2.45, 2.75) is 70.0 Å². The Morgan fingerprint density at radius 2 is 1.70 bits per heavy atom. The van der Waals surface area contributed by atoms with Crippen molar-refractivity contribution >= 4 is 18.0 Å². The van der Waals surface area contributed by atoms with E-state index in [9.17, 15) is 27.6 Å². The summed E-state index contributed by atoms with van der Waals surface area (Å²) in [6.45, 7) is 4.67. The van der Waals surface area contributed by atoms with Crippen LogP contribution in [-0.2, 0) is 25.7 Å². The first-order valence-electron chi connectivity index (χ1n) is 9.39. The average molecular weight is 430 g/mol. The molecule has 30 heavy (non-hydrogen) atoms. The van der Waals surface area contributed by atoms with E-state index >= 15 is 0 Å². The third kappa shape index (κ3) is 6.93. The third-order valence-electron chi connectivity index (χ3n) is 4.26. The molecule has 0 aromatic heterocycles. The number of alkyl carbamates (subject to hydrolysis) is 1. The van der Waals surface area contributed by atoms with E-state index in [0.717, 1.165) is 0 Å². The van der Waals surface area contributed by atoms with Crippen molar-refractivity contribution in [3.05, 3.63) is 35.9 Å². The summed E-state index contributed by atoms with van der Waals surface area (Å²) in [7, 11) is 0. The summed E-state index contributed by atoms with van der Waals surface area (Å²) in [6, 6.07) is 7.15. The van der Waals surface area contributed by atoms with Gasteiger partial charge in [-0.15, -0.1) is 0 Å². The molecule has 1 aliphatic rings. The zero-order valence-corrected chi connectivity index (χ0v) is 17.0. The van der Waals surface area contributed by atoms with Crippen LogP contribution in [-0.4, -0.2) is 41.3 Å². The van der Waals surface area contributed by atoms with E-state index in [4.69, 9.17) is 9.47 Å². The van der Waals surface area contributed by atoms with E-state index in [2.05, 4.69) is 5.32 Å². The Morgan fingerprint density at radius 3 is 2.20 bits per heavy atom. The maximum absolute atomic E-state index is 13.1. The van der Waals surface area contributed by atoms with Gasteiger partial charge in [-0.1, -0.05) is 30.3 Å². The highest BCUT2D eigenvalue weighted by atomic mass is 19.4. The van der Waals surface area contributed by atoms with E-state index in [1.54, 1.807) is 51.1 Å². The van der Waals surface area contributed by atoms with Crippen LogP contribution in [0.3, 0.4) is 0 Å². The molecule has 2 N–H and O–H groups in total. The van der Waals surface area contributed by atoms with Gasteiger partial charge in [-0.2, -0.15) is 13.2 Å². The Kier molecular flexibility index (Phi) is 6.99. The molecule has 166 valence electrons. The Hall–Kier alpha value is -2.78. The van der Waals surface area contributed by atoms with E-state index in [1.165, 1.54) is 0 Å². The molecule has 1 aliphatic carbocycles. The van der Waals surface area contributed by atoms with Crippen LogP contribution in [0.15, 0.2) is 30.3 Å². The molecule has 0 radical (unpaired) electrons. The Bertz CT molecular complexity index is 771. The van der Waals surface area contributed by atoms with E-state index in [-0.39, 0.29) is 19.4 Å². The van der Waals surface area contributed by atoms with Crippen LogP contribution in [0, 0.1) is 0 Å². The van der Waals surface area contributed by atoms with Gasteiger partial charge >= 0.3 is 18.2 Å². The van der Waals surface area contributed by atoms with Gasteiger partial charge in [0.15, 0.2) is 0 Å². The van der Waals surface area contributed by atoms with Crippen molar-refractivity contribution in [1.29, 1.82) is 0 Å². The van der Waals surface area contributed by atoms with Crippen LogP contribution >= 0.6 is 0 Å². The highest BCUT2D eigenvalue weighted by molar-refractivity contribution is 5.88. The molecule has 0 spiro atoms. The zero-order valence-electron chi connectivity index (χ0n) is 17.0. The molecule has 0 heterocycles. The van der Waals surface area contributed by atoms with Gasteiger partial charge < -0.3 is 20.1 Å². The largest absolute Gasteiger partial charge is 0.459 e. The second kappa shape index (κ2) is 8.93. The van der Waals surface area contributed by atoms with Gasteiger partial charge in [0.25, 0.3) is 0 Å². The molecular formula is C20H25F3N2O5. The molecule has 1 aromatic carbocycles. The van der Waals surface area contributed by atoms with Crippen LogP contribution < -0.4 is 10.6 Å². The number of amides is 2. The summed E-state index contributed by atoms with van der Waals surface area (Å²) in [5.41, 5.74) is -2.48. The summed E-state index contributed by atoms with van der Waals surface area (Å²) in [4.78, 5) is 36.7. The van der Waals surface area contributed by atoms with E-state index in [0.29, 0.717) is 5.56 Å². The van der Waals surface area contributed by atoms with Crippen molar-refractivity contribution in [3.8, 4) is 0 Å². The smallest absolute Gasteiger partial charge is 0.411 e. The van der Waals surface area contributed by atoms with E-state index in [1.807, 2.05) is 5.32 Å². The highest BCUT2D eigenvalue weighted by Crippen LogP contribution is 2.48. The van der Waals surface area contributed by atoms with Crippen molar-refractivity contribution in [2.24, 2.45) is 0 Å². The summed E-state index contributed by atoms with van der Waals surface area (Å²) in [5.74, 6) is -1.99. The number of alkyl halides is 3. The standard InChI is InChI=1S/C20H25F3N2O5/c1-18(2,3)30-17(28)24-14(16(27)29-12-13-7-5-4-6-8-13)11-15(26)25-19(9-10-19)20(21,22)23/h4-8,14H,9-12H2,1-3H3,(H,24,28)(H,25,26). The number of benzene rings is 1. The van der Waals surface area contributed by atoms with Crippen molar-refractivity contribution in [3.63, 3.8) is 0 Å². The zero-order chi connectivity index (χ0) is 22.6. The molecule has 1 fully saturated rings. The first kappa shape index (κ1) is 23.5. The predicted molar refractivity (Wildman–Crippen MR) is 100 cm³/mol. The van der Waals surface area contributed by atoms with Gasteiger partial charge in [0, 0.05) is 0 Å². The second-order valence-electron chi connectivity index (χ2n) is 8.12. The molecule has 7 nitrogen and oxygen atoms in total. The van der Waals surface area contributed by atoms with Crippen LogP contribution in [0.1, 0.15) is 45.6 Å². The molecule has 10 heteroatoms. The first-order chi connectivity index (χ1) is 13.8. The van der Waals surface area contributed by atoms with Crippen LogP contribution in [0.25, 0.3) is 0 Å².